The number of allylic oxidation sites excluding steroid dienone is 6. The minimum atomic E-state index is 0.305. The van der Waals surface area contributed by atoms with Crippen LogP contribution in [0.3, 0.4) is 0 Å². The normalized spacial score (nSPS) is 12.3. The van der Waals surface area contributed by atoms with E-state index in [1.54, 1.807) is 6.92 Å². The molecule has 0 radical (unpaired) electrons. The van der Waals surface area contributed by atoms with E-state index in [1.807, 2.05) is 18.2 Å². The van der Waals surface area contributed by atoms with Crippen LogP contribution in [0.1, 0.15) is 80.7 Å². The zero-order valence-corrected chi connectivity index (χ0v) is 30.9. The van der Waals surface area contributed by atoms with Crippen molar-refractivity contribution < 1.29 is 4.42 Å². The van der Waals surface area contributed by atoms with Gasteiger partial charge in [-0.25, -0.2) is 0 Å². The Labute approximate surface area is 305 Å². The Morgan fingerprint density at radius 3 is 2.22 bits per heavy atom. The van der Waals surface area contributed by atoms with E-state index < -0.39 is 0 Å². The van der Waals surface area contributed by atoms with Crippen LogP contribution >= 0.6 is 0 Å². The van der Waals surface area contributed by atoms with Crippen molar-refractivity contribution in [2.75, 3.05) is 0 Å². The first-order chi connectivity index (χ1) is 24.9. The molecule has 0 saturated heterocycles. The second-order valence-electron chi connectivity index (χ2n) is 13.1. The average molecular weight is 667 g/mol. The van der Waals surface area contributed by atoms with Crippen LogP contribution < -0.4 is 0 Å². The summed E-state index contributed by atoms with van der Waals surface area (Å²) >= 11 is 0. The maximum absolute atomic E-state index is 6.17. The maximum atomic E-state index is 6.17. The summed E-state index contributed by atoms with van der Waals surface area (Å²) in [6, 6.07) is 37.5. The Bertz CT molecular complexity index is 2230. The van der Waals surface area contributed by atoms with Crippen molar-refractivity contribution in [1.29, 1.82) is 0 Å². The molecule has 1 unspecified atom stereocenters. The molecule has 6 rings (SSSR count). The Morgan fingerprint density at radius 1 is 0.824 bits per heavy atom. The third-order valence-electron chi connectivity index (χ3n) is 9.38. The van der Waals surface area contributed by atoms with Gasteiger partial charge in [0.15, 0.2) is 0 Å². The number of unbranched alkanes of at least 4 members (excludes halogenated alkanes) is 2. The minimum absolute atomic E-state index is 0.305. The Kier molecular flexibility index (Phi) is 12.9. The smallest absolute Gasteiger partial charge is 0.135 e. The number of rotatable bonds is 12. The van der Waals surface area contributed by atoms with Gasteiger partial charge in [-0.05, 0) is 126 Å². The molecule has 51 heavy (non-hydrogen) atoms. The maximum Gasteiger partial charge on any atom is 0.135 e. The number of hydrogen-bond donors (Lipinski definition) is 0. The largest absolute Gasteiger partial charge is 0.456 e. The van der Waals surface area contributed by atoms with Crippen molar-refractivity contribution >= 4 is 33.6 Å². The third kappa shape index (κ3) is 9.16. The van der Waals surface area contributed by atoms with Crippen LogP contribution in [0.5, 0.6) is 0 Å². The molecular formula is C50H50O. The monoisotopic (exact) mass is 666 g/mol. The molecule has 0 aliphatic heterocycles. The standard InChI is InChI=1S/C47H46O.C3H4/c1-6-9-10-11-12-15-38-28-39(25-24-35(38)7-2)42-29-41(36(8-3)23-20-34(5)37-21-18-33(4)19-22-37)30-43(31-42)40-26-27-47-45(32-40)44-16-13-14-17-46(44)48-47;1-3-2/h7-8,11-14,16-32,34H,2,6,9-10,15H2,1,3-5H3;1H,2H3/b12-11-,23-20-,36-8+;. The molecule has 0 spiro atoms. The summed E-state index contributed by atoms with van der Waals surface area (Å²) in [5, 5.41) is 2.28. The fraction of sp³-hybridized carbons (Fsp3) is 0.200. The van der Waals surface area contributed by atoms with Crippen molar-refractivity contribution in [3.63, 3.8) is 0 Å². The van der Waals surface area contributed by atoms with Crippen LogP contribution in [0, 0.1) is 19.3 Å². The number of furan rings is 1. The molecule has 1 aromatic heterocycles. The van der Waals surface area contributed by atoms with Crippen molar-refractivity contribution in [2.45, 2.75) is 66.2 Å². The molecule has 0 bridgehead atoms. The Morgan fingerprint density at radius 2 is 1.51 bits per heavy atom. The van der Waals surface area contributed by atoms with Gasteiger partial charge in [0, 0.05) is 10.8 Å². The summed E-state index contributed by atoms with van der Waals surface area (Å²) in [5.74, 6) is 2.55. The first-order valence-corrected chi connectivity index (χ1v) is 18.1. The Hall–Kier alpha value is -5.58. The average Bonchev–Trinajstić information content (AvgIpc) is 3.53. The highest BCUT2D eigenvalue weighted by Gasteiger charge is 2.13. The molecule has 6 aromatic rings. The summed E-state index contributed by atoms with van der Waals surface area (Å²) in [6.45, 7) is 14.5. The van der Waals surface area contributed by atoms with E-state index >= 15 is 0 Å². The SMILES string of the molecule is C#CC.C=Cc1ccc(-c2cc(C(/C=C\C(C)c3ccc(C)cc3)=C/C)cc(-c3ccc4oc5ccccc5c4c3)c2)cc1C/C=C\CCCC. The van der Waals surface area contributed by atoms with Gasteiger partial charge in [-0.2, -0.15) is 0 Å². The predicted octanol–water partition coefficient (Wildman–Crippen LogP) is 14.6. The van der Waals surface area contributed by atoms with Gasteiger partial charge in [0.2, 0.25) is 0 Å². The summed E-state index contributed by atoms with van der Waals surface area (Å²) in [5.41, 5.74) is 14.1. The zero-order chi connectivity index (χ0) is 36.2. The highest BCUT2D eigenvalue weighted by atomic mass is 16.3. The van der Waals surface area contributed by atoms with Gasteiger partial charge in [-0.15, -0.1) is 12.3 Å². The highest BCUT2D eigenvalue weighted by Crippen LogP contribution is 2.36. The van der Waals surface area contributed by atoms with Crippen molar-refractivity contribution in [1.82, 2.24) is 0 Å². The summed E-state index contributed by atoms with van der Waals surface area (Å²) in [6.07, 6.45) is 22.5. The van der Waals surface area contributed by atoms with E-state index in [0.29, 0.717) is 5.92 Å². The van der Waals surface area contributed by atoms with E-state index in [4.69, 9.17) is 4.42 Å². The summed E-state index contributed by atoms with van der Waals surface area (Å²) in [7, 11) is 0. The van der Waals surface area contributed by atoms with Crippen LogP contribution in [0.2, 0.25) is 0 Å². The number of para-hydroxylation sites is 1. The minimum Gasteiger partial charge on any atom is -0.456 e. The van der Waals surface area contributed by atoms with Gasteiger partial charge >= 0.3 is 0 Å². The summed E-state index contributed by atoms with van der Waals surface area (Å²) in [4.78, 5) is 0. The van der Waals surface area contributed by atoms with Gasteiger partial charge in [-0.3, -0.25) is 0 Å². The van der Waals surface area contributed by atoms with Gasteiger partial charge in [0.1, 0.15) is 11.2 Å². The number of terminal acetylenes is 1. The van der Waals surface area contributed by atoms with Crippen molar-refractivity contribution in [3.8, 4) is 34.6 Å². The Balaban J connectivity index is 0.00000162. The van der Waals surface area contributed by atoms with Crippen LogP contribution in [-0.2, 0) is 6.42 Å². The van der Waals surface area contributed by atoms with Crippen molar-refractivity contribution in [2.24, 2.45) is 0 Å². The second kappa shape index (κ2) is 17.9. The number of aryl methyl sites for hydroxylation is 1. The third-order valence-corrected chi connectivity index (χ3v) is 9.38. The van der Waals surface area contributed by atoms with E-state index in [9.17, 15) is 0 Å². The molecule has 0 amide bonds. The number of benzene rings is 5. The quantitative estimate of drug-likeness (QED) is 0.0548. The molecule has 1 nitrogen and oxygen atoms in total. The van der Waals surface area contributed by atoms with Crippen LogP contribution in [0.15, 0.2) is 145 Å². The molecule has 0 aliphatic carbocycles. The molecule has 256 valence electrons. The van der Waals surface area contributed by atoms with Crippen molar-refractivity contribution in [3.05, 3.63) is 168 Å². The molecule has 0 fully saturated rings. The molecule has 1 atom stereocenters. The van der Waals surface area contributed by atoms with Gasteiger partial charge in [0.25, 0.3) is 0 Å². The van der Waals surface area contributed by atoms with Gasteiger partial charge in [0.05, 0.1) is 0 Å². The lowest BCUT2D eigenvalue weighted by molar-refractivity contribution is 0.669. The molecule has 0 aliphatic rings. The first kappa shape index (κ1) is 36.7. The first-order valence-electron chi connectivity index (χ1n) is 18.1. The lowest BCUT2D eigenvalue weighted by atomic mass is 9.90. The molecular weight excluding hydrogens is 617 g/mol. The molecule has 1 heterocycles. The lowest BCUT2D eigenvalue weighted by Crippen LogP contribution is -1.93. The van der Waals surface area contributed by atoms with E-state index in [-0.39, 0.29) is 0 Å². The fourth-order valence-electron chi connectivity index (χ4n) is 6.43. The van der Waals surface area contributed by atoms with Crippen LogP contribution in [0.4, 0.5) is 0 Å². The zero-order valence-electron chi connectivity index (χ0n) is 30.9. The molecule has 0 saturated carbocycles. The van der Waals surface area contributed by atoms with E-state index in [0.717, 1.165) is 34.8 Å². The molecule has 1 heteroatoms. The van der Waals surface area contributed by atoms with Crippen LogP contribution in [-0.4, -0.2) is 0 Å². The predicted molar refractivity (Wildman–Crippen MR) is 224 cm³/mol. The number of hydrogen-bond acceptors (Lipinski definition) is 1. The topological polar surface area (TPSA) is 13.1 Å². The van der Waals surface area contributed by atoms with Gasteiger partial charge in [-0.1, -0.05) is 142 Å². The lowest BCUT2D eigenvalue weighted by Gasteiger charge is -2.14. The second-order valence-corrected chi connectivity index (χ2v) is 13.1. The number of fused-ring (bicyclic) bond motifs is 3. The van der Waals surface area contributed by atoms with Gasteiger partial charge < -0.3 is 4.42 Å². The summed E-state index contributed by atoms with van der Waals surface area (Å²) < 4.78 is 6.17. The highest BCUT2D eigenvalue weighted by molar-refractivity contribution is 6.06. The van der Waals surface area contributed by atoms with Crippen LogP contribution in [0.25, 0.3) is 55.8 Å². The van der Waals surface area contributed by atoms with E-state index in [2.05, 4.69) is 168 Å². The fourth-order valence-corrected chi connectivity index (χ4v) is 6.43. The van der Waals surface area contributed by atoms with E-state index in [1.165, 1.54) is 68.5 Å². The molecule has 0 N–H and O–H groups in total. The molecule has 5 aromatic carbocycles.